The lowest BCUT2D eigenvalue weighted by atomic mass is 9.79. The largest absolute Gasteiger partial charge is 0.507 e. The number of hydrogen-bond donors (Lipinski definition) is 2. The molecule has 2 rings (SSSR count). The molecule has 0 radical (unpaired) electrons. The molecule has 0 fully saturated rings. The molecule has 0 aliphatic rings. The third kappa shape index (κ3) is 5.86. The van der Waals surface area contributed by atoms with Gasteiger partial charge in [0.05, 0.1) is 6.23 Å². The first-order valence-electron chi connectivity index (χ1n) is 10.5. The second kappa shape index (κ2) is 8.53. The zero-order valence-electron chi connectivity index (χ0n) is 19.7. The van der Waals surface area contributed by atoms with Crippen LogP contribution in [0.5, 0.6) is 11.5 Å². The highest BCUT2D eigenvalue weighted by atomic mass is 28.3. The number of benzene rings is 2. The maximum atomic E-state index is 10.9. The average Bonchev–Trinajstić information content (AvgIpc) is 2.59. The van der Waals surface area contributed by atoms with E-state index in [-0.39, 0.29) is 10.8 Å². The zero-order valence-corrected chi connectivity index (χ0v) is 20.7. The molecular formula is C25H39NO2Si. The molecule has 0 unspecified atom stereocenters. The summed E-state index contributed by atoms with van der Waals surface area (Å²) in [7, 11) is 0.215. The summed E-state index contributed by atoms with van der Waals surface area (Å²) in [6.07, 6.45) is 0.705. The number of phenolic OH excluding ortho intramolecular Hbond substituents is 1. The normalized spacial score (nSPS) is 12.9. The molecule has 2 N–H and O–H groups in total. The summed E-state index contributed by atoms with van der Waals surface area (Å²) >= 11 is 0. The minimum absolute atomic E-state index is 0.153. The molecule has 0 atom stereocenters. The molecule has 0 aromatic heterocycles. The minimum Gasteiger partial charge on any atom is -0.507 e. The summed E-state index contributed by atoms with van der Waals surface area (Å²) in [5, 5.41) is 15.5. The molecule has 0 spiro atoms. The van der Waals surface area contributed by atoms with Gasteiger partial charge in [-0.1, -0.05) is 84.1 Å². The first kappa shape index (κ1) is 23.5. The van der Waals surface area contributed by atoms with Crippen LogP contribution in [0, 0.1) is 0 Å². The maximum Gasteiger partial charge on any atom is 0.124 e. The predicted octanol–water partition coefficient (Wildman–Crippen LogP) is 5.24. The summed E-state index contributed by atoms with van der Waals surface area (Å²) in [6, 6.07) is 12.9. The molecule has 0 saturated carbocycles. The van der Waals surface area contributed by atoms with Crippen LogP contribution < -0.4 is 15.2 Å². The lowest BCUT2D eigenvalue weighted by Crippen LogP contribution is -2.47. The molecule has 0 saturated heterocycles. The monoisotopic (exact) mass is 413 g/mol. The van der Waals surface area contributed by atoms with Gasteiger partial charge in [-0.3, -0.25) is 0 Å². The lowest BCUT2D eigenvalue weighted by molar-refractivity contribution is 0.369. The third-order valence-electron chi connectivity index (χ3n) is 5.42. The number of ether oxygens (including phenoxy) is 1. The van der Waals surface area contributed by atoms with Crippen molar-refractivity contribution >= 4 is 13.3 Å². The van der Waals surface area contributed by atoms with Crippen LogP contribution >= 0.6 is 0 Å². The standard InChI is InChI=1S/C25H39NO2Si/c1-24(2,3)21-14-19(15-22(23(21)27)25(4,5)6)28-17-29(8,9)20-12-10-18(11-13-20)16-26-7/h10-15,26-27H,16-17H2,1-9H3. The first-order chi connectivity index (χ1) is 13.3. The predicted molar refractivity (Wildman–Crippen MR) is 127 cm³/mol. The van der Waals surface area contributed by atoms with Crippen molar-refractivity contribution in [2.24, 2.45) is 0 Å². The second-order valence-corrected chi connectivity index (χ2v) is 15.4. The smallest absolute Gasteiger partial charge is 0.124 e. The van der Waals surface area contributed by atoms with E-state index in [1.165, 1.54) is 10.8 Å². The molecule has 0 bridgehead atoms. The quantitative estimate of drug-likeness (QED) is 0.636. The van der Waals surface area contributed by atoms with Crippen molar-refractivity contribution < 1.29 is 9.84 Å². The Morgan fingerprint density at radius 2 is 1.38 bits per heavy atom. The van der Waals surface area contributed by atoms with Crippen LogP contribution in [-0.2, 0) is 17.4 Å². The van der Waals surface area contributed by atoms with E-state index in [0.717, 1.165) is 23.4 Å². The highest BCUT2D eigenvalue weighted by Gasteiger charge is 2.29. The third-order valence-corrected chi connectivity index (χ3v) is 8.18. The highest BCUT2D eigenvalue weighted by Crippen LogP contribution is 2.41. The van der Waals surface area contributed by atoms with E-state index in [0.29, 0.717) is 12.0 Å². The fraction of sp³-hybridized carbons (Fsp3) is 0.520. The van der Waals surface area contributed by atoms with Gasteiger partial charge in [-0.15, -0.1) is 0 Å². The van der Waals surface area contributed by atoms with Gasteiger partial charge in [0.2, 0.25) is 0 Å². The SMILES string of the molecule is CNCc1ccc([Si](C)(C)COc2cc(C(C)(C)C)c(O)c(C(C)(C)C)c2)cc1. The number of hydrogen-bond acceptors (Lipinski definition) is 3. The molecule has 4 heteroatoms. The summed E-state index contributed by atoms with van der Waals surface area (Å²) in [4.78, 5) is 0. The molecule has 3 nitrogen and oxygen atoms in total. The number of aromatic hydroxyl groups is 1. The molecule has 0 amide bonds. The van der Waals surface area contributed by atoms with E-state index < -0.39 is 8.07 Å². The lowest BCUT2D eigenvalue weighted by Gasteiger charge is -2.29. The molecule has 29 heavy (non-hydrogen) atoms. The Morgan fingerprint density at radius 3 is 1.79 bits per heavy atom. The second-order valence-electron chi connectivity index (χ2n) is 10.8. The number of phenols is 1. The number of rotatable bonds is 6. The summed E-state index contributed by atoms with van der Waals surface area (Å²) < 4.78 is 6.37. The molecule has 0 heterocycles. The van der Waals surface area contributed by atoms with Crippen molar-refractivity contribution in [3.05, 3.63) is 53.1 Å². The van der Waals surface area contributed by atoms with Gasteiger partial charge in [-0.25, -0.2) is 0 Å². The van der Waals surface area contributed by atoms with Gasteiger partial charge in [-0.05, 0) is 35.6 Å². The van der Waals surface area contributed by atoms with E-state index in [1.54, 1.807) is 0 Å². The van der Waals surface area contributed by atoms with E-state index in [4.69, 9.17) is 4.74 Å². The van der Waals surface area contributed by atoms with Gasteiger partial charge in [-0.2, -0.15) is 0 Å². The molecule has 0 aliphatic carbocycles. The average molecular weight is 414 g/mol. The Kier molecular flexibility index (Phi) is 6.91. The highest BCUT2D eigenvalue weighted by molar-refractivity contribution is 6.89. The minimum atomic E-state index is -1.75. The van der Waals surface area contributed by atoms with E-state index in [9.17, 15) is 5.11 Å². The van der Waals surface area contributed by atoms with Crippen LogP contribution in [0.15, 0.2) is 36.4 Å². The molecular weight excluding hydrogens is 374 g/mol. The Bertz CT molecular complexity index is 792. The molecule has 2 aromatic carbocycles. The van der Waals surface area contributed by atoms with Crippen LogP contribution in [0.2, 0.25) is 13.1 Å². The van der Waals surface area contributed by atoms with Crippen LogP contribution in [0.4, 0.5) is 0 Å². The van der Waals surface area contributed by atoms with Crippen molar-refractivity contribution in [1.29, 1.82) is 0 Å². The van der Waals surface area contributed by atoms with Crippen molar-refractivity contribution in [3.63, 3.8) is 0 Å². The van der Waals surface area contributed by atoms with E-state index >= 15 is 0 Å². The van der Waals surface area contributed by atoms with Gasteiger partial charge in [0.25, 0.3) is 0 Å². The van der Waals surface area contributed by atoms with E-state index in [2.05, 4.69) is 84.2 Å². The maximum absolute atomic E-state index is 10.9. The first-order valence-corrected chi connectivity index (χ1v) is 13.7. The van der Waals surface area contributed by atoms with Gasteiger partial charge >= 0.3 is 0 Å². The summed E-state index contributed by atoms with van der Waals surface area (Å²) in [5.41, 5.74) is 2.87. The Labute approximate surface area is 178 Å². The summed E-state index contributed by atoms with van der Waals surface area (Å²) in [6.45, 7) is 18.3. The van der Waals surface area contributed by atoms with Crippen LogP contribution in [0.1, 0.15) is 58.2 Å². The van der Waals surface area contributed by atoms with Crippen molar-refractivity contribution in [2.75, 3.05) is 13.3 Å². The van der Waals surface area contributed by atoms with E-state index in [1.807, 2.05) is 19.2 Å². The van der Waals surface area contributed by atoms with Crippen molar-refractivity contribution in [2.45, 2.75) is 72.0 Å². The Hall–Kier alpha value is -1.78. The fourth-order valence-corrected chi connectivity index (χ4v) is 5.22. The van der Waals surface area contributed by atoms with Gasteiger partial charge in [0, 0.05) is 17.7 Å². The van der Waals surface area contributed by atoms with Crippen molar-refractivity contribution in [3.8, 4) is 11.5 Å². The van der Waals surface area contributed by atoms with Gasteiger partial charge in [0.1, 0.15) is 19.6 Å². The van der Waals surface area contributed by atoms with Gasteiger partial charge < -0.3 is 15.2 Å². The van der Waals surface area contributed by atoms with Gasteiger partial charge in [0.15, 0.2) is 0 Å². The van der Waals surface area contributed by atoms with Crippen LogP contribution in [-0.4, -0.2) is 26.5 Å². The van der Waals surface area contributed by atoms with Crippen molar-refractivity contribution in [1.82, 2.24) is 5.32 Å². The molecule has 0 aliphatic heterocycles. The topological polar surface area (TPSA) is 41.5 Å². The number of nitrogens with one attached hydrogen (secondary N) is 1. The molecule has 160 valence electrons. The summed E-state index contributed by atoms with van der Waals surface area (Å²) in [5.74, 6) is 1.25. The molecule has 2 aromatic rings. The zero-order chi connectivity index (χ0) is 22.0. The van der Waals surface area contributed by atoms with Crippen LogP contribution in [0.25, 0.3) is 0 Å². The Balaban J connectivity index is 2.31. The Morgan fingerprint density at radius 1 is 0.897 bits per heavy atom. The van der Waals surface area contributed by atoms with Crippen LogP contribution in [0.3, 0.4) is 0 Å². The fourth-order valence-electron chi connectivity index (χ4n) is 3.46.